The first-order chi connectivity index (χ1) is 9.99. The molecule has 0 aromatic heterocycles. The summed E-state index contributed by atoms with van der Waals surface area (Å²) in [5.74, 6) is -0.130. The van der Waals surface area contributed by atoms with Gasteiger partial charge in [0.15, 0.2) is 11.9 Å². The summed E-state index contributed by atoms with van der Waals surface area (Å²) in [5, 5.41) is 11.3. The van der Waals surface area contributed by atoms with Gasteiger partial charge in [-0.25, -0.2) is 0 Å². The second kappa shape index (κ2) is 6.76. The number of piperidine rings is 1. The summed E-state index contributed by atoms with van der Waals surface area (Å²) in [5.41, 5.74) is -0.197. The van der Waals surface area contributed by atoms with Gasteiger partial charge in [-0.05, 0) is 32.3 Å². The minimum Gasteiger partial charge on any atom is -0.474 e. The van der Waals surface area contributed by atoms with Crippen LogP contribution in [0.5, 0.6) is 5.75 Å². The number of hydrogen-bond donors (Lipinski definition) is 0. The minimum atomic E-state index is -0.778. The number of carbonyl (C=O) groups excluding carboxylic acids is 1. The van der Waals surface area contributed by atoms with Crippen molar-refractivity contribution in [1.29, 1.82) is 0 Å². The third-order valence-electron chi connectivity index (χ3n) is 3.44. The molecular weight excluding hydrogens is 296 g/mol. The van der Waals surface area contributed by atoms with Crippen LogP contribution in [-0.2, 0) is 4.79 Å². The molecule has 1 aromatic rings. The summed E-state index contributed by atoms with van der Waals surface area (Å²) in [6, 6.07) is 4.05. The Morgan fingerprint density at radius 1 is 1.38 bits per heavy atom. The van der Waals surface area contributed by atoms with Crippen molar-refractivity contribution in [2.24, 2.45) is 0 Å². The molecule has 0 spiro atoms. The third-order valence-corrected chi connectivity index (χ3v) is 3.67. The van der Waals surface area contributed by atoms with Crippen LogP contribution in [0.1, 0.15) is 26.2 Å². The summed E-state index contributed by atoms with van der Waals surface area (Å²) in [7, 11) is 0. The van der Waals surface area contributed by atoms with Gasteiger partial charge >= 0.3 is 5.69 Å². The standard InChI is InChI=1S/C14H17ClN2O4/c1-10(14(18)16-7-3-2-4-8-16)21-13-9-11(15)5-6-12(13)17(19)20/h5-6,9-10H,2-4,7-8H2,1H3. The number of likely N-dealkylation sites (tertiary alicyclic amines) is 1. The van der Waals surface area contributed by atoms with Crippen molar-refractivity contribution in [3.05, 3.63) is 33.3 Å². The number of nitro benzene ring substituents is 1. The molecule has 0 N–H and O–H groups in total. The molecule has 1 fully saturated rings. The van der Waals surface area contributed by atoms with E-state index in [0.29, 0.717) is 18.1 Å². The lowest BCUT2D eigenvalue weighted by Gasteiger charge is -2.29. The molecular formula is C14H17ClN2O4. The van der Waals surface area contributed by atoms with Gasteiger partial charge in [0, 0.05) is 30.2 Å². The van der Waals surface area contributed by atoms with E-state index in [4.69, 9.17) is 16.3 Å². The molecule has 1 atom stereocenters. The third kappa shape index (κ3) is 3.85. The molecule has 0 saturated carbocycles. The fourth-order valence-electron chi connectivity index (χ4n) is 2.35. The monoisotopic (exact) mass is 312 g/mol. The fourth-order valence-corrected chi connectivity index (χ4v) is 2.51. The van der Waals surface area contributed by atoms with Crippen LogP contribution < -0.4 is 4.74 Å². The number of amides is 1. The van der Waals surface area contributed by atoms with E-state index < -0.39 is 11.0 Å². The first-order valence-corrected chi connectivity index (χ1v) is 7.26. The van der Waals surface area contributed by atoms with E-state index in [2.05, 4.69) is 0 Å². The Labute approximate surface area is 127 Å². The predicted molar refractivity (Wildman–Crippen MR) is 78.6 cm³/mol. The SMILES string of the molecule is CC(Oc1cc(Cl)ccc1[N+](=O)[O-])C(=O)N1CCCCC1. The van der Waals surface area contributed by atoms with Crippen LogP contribution in [0.15, 0.2) is 18.2 Å². The van der Waals surface area contributed by atoms with Crippen LogP contribution >= 0.6 is 11.6 Å². The molecule has 21 heavy (non-hydrogen) atoms. The van der Waals surface area contributed by atoms with Crippen LogP contribution in [0.3, 0.4) is 0 Å². The first-order valence-electron chi connectivity index (χ1n) is 6.88. The molecule has 1 aromatic carbocycles. The normalized spacial score (nSPS) is 16.4. The second-order valence-corrected chi connectivity index (χ2v) is 5.45. The lowest BCUT2D eigenvalue weighted by molar-refractivity contribution is -0.386. The van der Waals surface area contributed by atoms with Crippen molar-refractivity contribution in [1.82, 2.24) is 4.90 Å². The van der Waals surface area contributed by atoms with Gasteiger partial charge in [-0.1, -0.05) is 11.6 Å². The number of benzene rings is 1. The summed E-state index contributed by atoms with van der Waals surface area (Å²) < 4.78 is 5.49. The van der Waals surface area contributed by atoms with E-state index in [1.165, 1.54) is 18.2 Å². The molecule has 1 aliphatic heterocycles. The van der Waals surface area contributed by atoms with Gasteiger partial charge < -0.3 is 9.64 Å². The van der Waals surface area contributed by atoms with Crippen molar-refractivity contribution < 1.29 is 14.5 Å². The van der Waals surface area contributed by atoms with E-state index >= 15 is 0 Å². The molecule has 6 nitrogen and oxygen atoms in total. The van der Waals surface area contributed by atoms with Gasteiger partial charge in [-0.15, -0.1) is 0 Å². The molecule has 0 bridgehead atoms. The van der Waals surface area contributed by atoms with Crippen LogP contribution in [0, 0.1) is 10.1 Å². The van der Waals surface area contributed by atoms with Gasteiger partial charge in [-0.2, -0.15) is 0 Å². The number of halogens is 1. The molecule has 7 heteroatoms. The second-order valence-electron chi connectivity index (χ2n) is 5.02. The summed E-state index contributed by atoms with van der Waals surface area (Å²) in [4.78, 5) is 24.4. The number of carbonyl (C=O) groups is 1. The number of rotatable bonds is 4. The maximum absolute atomic E-state index is 12.3. The minimum absolute atomic E-state index is 0.0189. The number of nitrogens with zero attached hydrogens (tertiary/aromatic N) is 2. The maximum atomic E-state index is 12.3. The maximum Gasteiger partial charge on any atom is 0.311 e. The molecule has 1 heterocycles. The van der Waals surface area contributed by atoms with Crippen molar-refractivity contribution in [2.75, 3.05) is 13.1 Å². The fraction of sp³-hybridized carbons (Fsp3) is 0.500. The highest BCUT2D eigenvalue weighted by atomic mass is 35.5. The Hall–Kier alpha value is -1.82. The summed E-state index contributed by atoms with van der Waals surface area (Å²) in [6.45, 7) is 3.02. The van der Waals surface area contributed by atoms with E-state index in [1.54, 1.807) is 11.8 Å². The number of hydrogen-bond acceptors (Lipinski definition) is 4. The van der Waals surface area contributed by atoms with E-state index in [-0.39, 0.29) is 17.3 Å². The van der Waals surface area contributed by atoms with Gasteiger partial charge in [0.25, 0.3) is 5.91 Å². The van der Waals surface area contributed by atoms with Crippen LogP contribution in [0.4, 0.5) is 5.69 Å². The van der Waals surface area contributed by atoms with Crippen LogP contribution in [-0.4, -0.2) is 34.9 Å². The molecule has 2 rings (SSSR count). The van der Waals surface area contributed by atoms with E-state index in [1.807, 2.05) is 0 Å². The molecule has 114 valence electrons. The Kier molecular flexibility index (Phi) is 5.01. The highest BCUT2D eigenvalue weighted by Crippen LogP contribution is 2.31. The molecule has 1 amide bonds. The molecule has 0 radical (unpaired) electrons. The van der Waals surface area contributed by atoms with Crippen molar-refractivity contribution in [3.8, 4) is 5.75 Å². The molecule has 1 aliphatic rings. The van der Waals surface area contributed by atoms with Crippen molar-refractivity contribution >= 4 is 23.2 Å². The highest BCUT2D eigenvalue weighted by Gasteiger charge is 2.26. The summed E-state index contributed by atoms with van der Waals surface area (Å²) in [6.07, 6.45) is 2.31. The molecule has 0 aliphatic carbocycles. The molecule has 1 saturated heterocycles. The van der Waals surface area contributed by atoms with Gasteiger partial charge in [-0.3, -0.25) is 14.9 Å². The van der Waals surface area contributed by atoms with E-state index in [9.17, 15) is 14.9 Å². The Morgan fingerprint density at radius 2 is 2.05 bits per heavy atom. The van der Waals surface area contributed by atoms with Gasteiger partial charge in [0.05, 0.1) is 4.92 Å². The average Bonchev–Trinajstić information content (AvgIpc) is 2.47. The van der Waals surface area contributed by atoms with Gasteiger partial charge in [0.1, 0.15) is 0 Å². The van der Waals surface area contributed by atoms with E-state index in [0.717, 1.165) is 19.3 Å². The Morgan fingerprint density at radius 3 is 2.67 bits per heavy atom. The highest BCUT2D eigenvalue weighted by molar-refractivity contribution is 6.30. The van der Waals surface area contributed by atoms with Crippen LogP contribution in [0.25, 0.3) is 0 Å². The van der Waals surface area contributed by atoms with Crippen molar-refractivity contribution in [3.63, 3.8) is 0 Å². The quantitative estimate of drug-likeness (QED) is 0.633. The summed E-state index contributed by atoms with van der Waals surface area (Å²) >= 11 is 5.84. The smallest absolute Gasteiger partial charge is 0.311 e. The first kappa shape index (κ1) is 15.6. The van der Waals surface area contributed by atoms with Crippen LogP contribution in [0.2, 0.25) is 5.02 Å². The predicted octanol–water partition coefficient (Wildman–Crippen LogP) is 3.03. The topological polar surface area (TPSA) is 72.7 Å². The number of nitro groups is 1. The Balaban J connectivity index is 2.11. The lowest BCUT2D eigenvalue weighted by Crippen LogP contribution is -2.43. The largest absolute Gasteiger partial charge is 0.474 e. The zero-order valence-electron chi connectivity index (χ0n) is 11.8. The number of ether oxygens (including phenoxy) is 1. The molecule has 1 unspecified atom stereocenters. The lowest BCUT2D eigenvalue weighted by atomic mass is 10.1. The zero-order valence-corrected chi connectivity index (χ0v) is 12.5. The average molecular weight is 313 g/mol. The zero-order chi connectivity index (χ0) is 15.4. The Bertz CT molecular complexity index is 544. The van der Waals surface area contributed by atoms with Gasteiger partial charge in [0.2, 0.25) is 0 Å². The van der Waals surface area contributed by atoms with Crippen molar-refractivity contribution in [2.45, 2.75) is 32.3 Å².